The standard InChI is InChI=1S/C16H26N2O2/c1-18(10-12-5-4-6-12)11-15(17)14-9-13(19-2)7-8-16(14)20-3/h7-9,12,15H,4-6,10-11,17H2,1-3H3. The van der Waals surface area contributed by atoms with E-state index < -0.39 is 0 Å². The third-order valence-corrected chi connectivity index (χ3v) is 4.14. The fourth-order valence-corrected chi connectivity index (χ4v) is 2.75. The van der Waals surface area contributed by atoms with Crippen LogP contribution in [-0.4, -0.2) is 39.3 Å². The predicted molar refractivity (Wildman–Crippen MR) is 81.3 cm³/mol. The Bertz CT molecular complexity index is 432. The summed E-state index contributed by atoms with van der Waals surface area (Å²) >= 11 is 0. The van der Waals surface area contributed by atoms with Gasteiger partial charge in [0.1, 0.15) is 11.5 Å². The first-order valence-corrected chi connectivity index (χ1v) is 7.30. The van der Waals surface area contributed by atoms with E-state index in [1.54, 1.807) is 14.2 Å². The van der Waals surface area contributed by atoms with Crippen molar-refractivity contribution < 1.29 is 9.47 Å². The Labute approximate surface area is 121 Å². The second-order valence-electron chi connectivity index (χ2n) is 5.73. The van der Waals surface area contributed by atoms with Gasteiger partial charge in [0.25, 0.3) is 0 Å². The molecule has 0 saturated heterocycles. The van der Waals surface area contributed by atoms with E-state index in [0.717, 1.165) is 36.1 Å². The minimum absolute atomic E-state index is 0.0647. The zero-order valence-electron chi connectivity index (χ0n) is 12.8. The Kier molecular flexibility index (Phi) is 5.26. The molecular weight excluding hydrogens is 252 g/mol. The predicted octanol–water partition coefficient (Wildman–Crippen LogP) is 2.44. The molecule has 1 aromatic rings. The molecule has 4 heteroatoms. The van der Waals surface area contributed by atoms with Gasteiger partial charge in [-0.15, -0.1) is 0 Å². The fourth-order valence-electron chi connectivity index (χ4n) is 2.75. The lowest BCUT2D eigenvalue weighted by atomic mass is 9.85. The van der Waals surface area contributed by atoms with Crippen LogP contribution >= 0.6 is 0 Å². The van der Waals surface area contributed by atoms with Gasteiger partial charge in [0, 0.05) is 24.7 Å². The molecule has 112 valence electrons. The Hall–Kier alpha value is -1.26. The van der Waals surface area contributed by atoms with Crippen molar-refractivity contribution in [2.45, 2.75) is 25.3 Å². The van der Waals surface area contributed by atoms with E-state index in [0.29, 0.717) is 0 Å². The Morgan fingerprint density at radius 2 is 2.05 bits per heavy atom. The maximum Gasteiger partial charge on any atom is 0.123 e. The second kappa shape index (κ2) is 6.95. The van der Waals surface area contributed by atoms with Crippen molar-refractivity contribution in [1.29, 1.82) is 0 Å². The van der Waals surface area contributed by atoms with Crippen molar-refractivity contribution >= 4 is 0 Å². The third-order valence-electron chi connectivity index (χ3n) is 4.14. The number of nitrogens with two attached hydrogens (primary N) is 1. The van der Waals surface area contributed by atoms with Crippen LogP contribution in [0.25, 0.3) is 0 Å². The first kappa shape index (κ1) is 15.1. The number of benzene rings is 1. The highest BCUT2D eigenvalue weighted by Gasteiger charge is 2.21. The van der Waals surface area contributed by atoms with Crippen LogP contribution < -0.4 is 15.2 Å². The Balaban J connectivity index is 2.00. The van der Waals surface area contributed by atoms with Gasteiger partial charge in [-0.05, 0) is 44.0 Å². The van der Waals surface area contributed by atoms with Crippen LogP contribution in [-0.2, 0) is 0 Å². The van der Waals surface area contributed by atoms with E-state index in [1.165, 1.54) is 19.3 Å². The molecule has 1 aromatic carbocycles. The summed E-state index contributed by atoms with van der Waals surface area (Å²) in [6.45, 7) is 1.97. The van der Waals surface area contributed by atoms with Crippen LogP contribution in [0, 0.1) is 5.92 Å². The summed E-state index contributed by atoms with van der Waals surface area (Å²) in [7, 11) is 5.49. The Morgan fingerprint density at radius 3 is 2.60 bits per heavy atom. The van der Waals surface area contributed by atoms with Gasteiger partial charge in [0.05, 0.1) is 14.2 Å². The SMILES string of the molecule is COc1ccc(OC)c(C(N)CN(C)CC2CCC2)c1. The van der Waals surface area contributed by atoms with Crippen molar-refractivity contribution in [1.82, 2.24) is 4.90 Å². The highest BCUT2D eigenvalue weighted by Crippen LogP contribution is 2.30. The molecule has 0 bridgehead atoms. The summed E-state index contributed by atoms with van der Waals surface area (Å²) in [5.74, 6) is 2.51. The normalized spacial score (nSPS) is 16.9. The summed E-state index contributed by atoms with van der Waals surface area (Å²) in [6.07, 6.45) is 4.11. The number of methoxy groups -OCH3 is 2. The van der Waals surface area contributed by atoms with E-state index >= 15 is 0 Å². The molecule has 1 unspecified atom stereocenters. The van der Waals surface area contributed by atoms with Gasteiger partial charge in [0.15, 0.2) is 0 Å². The van der Waals surface area contributed by atoms with Gasteiger partial charge in [-0.2, -0.15) is 0 Å². The molecule has 2 rings (SSSR count). The first-order chi connectivity index (χ1) is 9.63. The molecule has 1 saturated carbocycles. The van der Waals surface area contributed by atoms with Gasteiger partial charge >= 0.3 is 0 Å². The molecule has 0 radical (unpaired) electrons. The zero-order chi connectivity index (χ0) is 14.5. The van der Waals surface area contributed by atoms with Crippen molar-refractivity contribution in [3.05, 3.63) is 23.8 Å². The monoisotopic (exact) mass is 278 g/mol. The van der Waals surface area contributed by atoms with Gasteiger partial charge < -0.3 is 20.1 Å². The quantitative estimate of drug-likeness (QED) is 0.832. The number of likely N-dealkylation sites (N-methyl/N-ethyl adjacent to an activating group) is 1. The molecule has 4 nitrogen and oxygen atoms in total. The molecule has 1 fully saturated rings. The van der Waals surface area contributed by atoms with Gasteiger partial charge in [0.2, 0.25) is 0 Å². The summed E-state index contributed by atoms with van der Waals surface area (Å²) in [6, 6.07) is 5.72. The minimum Gasteiger partial charge on any atom is -0.497 e. The molecule has 0 amide bonds. The molecule has 2 N–H and O–H groups in total. The smallest absolute Gasteiger partial charge is 0.123 e. The summed E-state index contributed by atoms with van der Waals surface area (Å²) in [5.41, 5.74) is 7.36. The van der Waals surface area contributed by atoms with Gasteiger partial charge in [-0.25, -0.2) is 0 Å². The van der Waals surface area contributed by atoms with Crippen LogP contribution in [0.2, 0.25) is 0 Å². The lowest BCUT2D eigenvalue weighted by molar-refractivity contribution is 0.197. The van der Waals surface area contributed by atoms with Crippen molar-refractivity contribution in [3.8, 4) is 11.5 Å². The number of rotatable bonds is 7. The van der Waals surface area contributed by atoms with E-state index in [2.05, 4.69) is 11.9 Å². The molecule has 0 aromatic heterocycles. The maximum atomic E-state index is 6.35. The molecular formula is C16H26N2O2. The minimum atomic E-state index is -0.0647. The molecule has 0 spiro atoms. The lowest BCUT2D eigenvalue weighted by Gasteiger charge is -2.31. The Morgan fingerprint density at radius 1 is 1.30 bits per heavy atom. The number of hydrogen-bond acceptors (Lipinski definition) is 4. The average Bonchev–Trinajstić information content (AvgIpc) is 2.42. The van der Waals surface area contributed by atoms with Crippen molar-refractivity contribution in [2.75, 3.05) is 34.4 Å². The molecule has 20 heavy (non-hydrogen) atoms. The van der Waals surface area contributed by atoms with E-state index in [4.69, 9.17) is 15.2 Å². The second-order valence-corrected chi connectivity index (χ2v) is 5.73. The molecule has 0 heterocycles. The van der Waals surface area contributed by atoms with E-state index in [9.17, 15) is 0 Å². The maximum absolute atomic E-state index is 6.35. The molecule has 1 aliphatic carbocycles. The fraction of sp³-hybridized carbons (Fsp3) is 0.625. The van der Waals surface area contributed by atoms with Crippen LogP contribution in [0.1, 0.15) is 30.9 Å². The van der Waals surface area contributed by atoms with Gasteiger partial charge in [-0.1, -0.05) is 6.42 Å². The molecule has 0 aliphatic heterocycles. The topological polar surface area (TPSA) is 47.7 Å². The zero-order valence-corrected chi connectivity index (χ0v) is 12.8. The third kappa shape index (κ3) is 3.64. The number of nitrogens with zero attached hydrogens (tertiary/aromatic N) is 1. The van der Waals surface area contributed by atoms with Gasteiger partial charge in [-0.3, -0.25) is 0 Å². The van der Waals surface area contributed by atoms with Crippen LogP contribution in [0.5, 0.6) is 11.5 Å². The van der Waals surface area contributed by atoms with E-state index in [-0.39, 0.29) is 6.04 Å². The summed E-state index contributed by atoms with van der Waals surface area (Å²) in [4.78, 5) is 2.33. The lowest BCUT2D eigenvalue weighted by Crippen LogP contribution is -2.35. The highest BCUT2D eigenvalue weighted by atomic mass is 16.5. The molecule has 1 aliphatic rings. The van der Waals surface area contributed by atoms with Crippen LogP contribution in [0.4, 0.5) is 0 Å². The summed E-state index contributed by atoms with van der Waals surface area (Å²) < 4.78 is 10.7. The van der Waals surface area contributed by atoms with Crippen molar-refractivity contribution in [2.24, 2.45) is 11.7 Å². The average molecular weight is 278 g/mol. The molecule has 1 atom stereocenters. The van der Waals surface area contributed by atoms with Crippen LogP contribution in [0.3, 0.4) is 0 Å². The first-order valence-electron chi connectivity index (χ1n) is 7.30. The summed E-state index contributed by atoms with van der Waals surface area (Å²) in [5, 5.41) is 0. The highest BCUT2D eigenvalue weighted by molar-refractivity contribution is 5.42. The largest absolute Gasteiger partial charge is 0.497 e. The number of ether oxygens (including phenoxy) is 2. The number of hydrogen-bond donors (Lipinski definition) is 1. The van der Waals surface area contributed by atoms with Crippen molar-refractivity contribution in [3.63, 3.8) is 0 Å². The van der Waals surface area contributed by atoms with Crippen LogP contribution in [0.15, 0.2) is 18.2 Å². The van der Waals surface area contributed by atoms with E-state index in [1.807, 2.05) is 18.2 Å².